The molecule has 130 valence electrons. The molecule has 3 rings (SSSR count). The molecule has 1 atom stereocenters. The molecule has 1 heterocycles. The number of amides is 1. The molecule has 25 heavy (non-hydrogen) atoms. The van der Waals surface area contributed by atoms with Gasteiger partial charge in [0.05, 0.1) is 16.3 Å². The number of hydrogen-bond donors (Lipinski definition) is 1. The number of fused-ring (bicyclic) bond motifs is 1. The zero-order valence-corrected chi connectivity index (χ0v) is 16.2. The second kappa shape index (κ2) is 7.10. The summed E-state index contributed by atoms with van der Waals surface area (Å²) >= 11 is 7.47. The molecule has 0 saturated carbocycles. The highest BCUT2D eigenvalue weighted by atomic mass is 35.5. The number of thioether (sulfide) groups is 1. The summed E-state index contributed by atoms with van der Waals surface area (Å²) in [6.07, 6.45) is 0. The van der Waals surface area contributed by atoms with Crippen molar-refractivity contribution in [2.45, 2.75) is 31.2 Å². The van der Waals surface area contributed by atoms with Crippen LogP contribution in [0.2, 0.25) is 5.02 Å². The number of rotatable bonds is 4. The van der Waals surface area contributed by atoms with Crippen molar-refractivity contribution in [3.8, 4) is 0 Å². The van der Waals surface area contributed by atoms with E-state index in [0.717, 1.165) is 33.0 Å². The van der Waals surface area contributed by atoms with E-state index in [1.807, 2.05) is 68.8 Å². The first-order chi connectivity index (χ1) is 11.9. The lowest BCUT2D eigenvalue weighted by molar-refractivity contribution is -0.115. The molecule has 0 aliphatic heterocycles. The van der Waals surface area contributed by atoms with Gasteiger partial charge in [0.2, 0.25) is 5.91 Å². The maximum atomic E-state index is 12.6. The highest BCUT2D eigenvalue weighted by Gasteiger charge is 2.19. The zero-order chi connectivity index (χ0) is 18.1. The third kappa shape index (κ3) is 3.67. The summed E-state index contributed by atoms with van der Waals surface area (Å²) in [5.74, 6) is -0.0347. The Hall–Kier alpha value is -1.98. The van der Waals surface area contributed by atoms with Crippen molar-refractivity contribution in [2.24, 2.45) is 7.05 Å². The molecule has 0 fully saturated rings. The van der Waals surface area contributed by atoms with Crippen molar-refractivity contribution >= 4 is 46.0 Å². The minimum absolute atomic E-state index is 0.0347. The van der Waals surface area contributed by atoms with E-state index in [4.69, 9.17) is 11.6 Å². The lowest BCUT2D eigenvalue weighted by atomic mass is 10.1. The highest BCUT2D eigenvalue weighted by molar-refractivity contribution is 8.00. The van der Waals surface area contributed by atoms with Crippen LogP contribution in [0, 0.1) is 13.8 Å². The summed E-state index contributed by atoms with van der Waals surface area (Å²) in [7, 11) is 1.95. The van der Waals surface area contributed by atoms with Gasteiger partial charge in [-0.1, -0.05) is 41.6 Å². The molecule has 1 N–H and O–H groups in total. The first-order valence-corrected chi connectivity index (χ1v) is 9.28. The van der Waals surface area contributed by atoms with Crippen LogP contribution < -0.4 is 5.32 Å². The molecule has 0 aliphatic rings. The van der Waals surface area contributed by atoms with Crippen molar-refractivity contribution in [2.75, 3.05) is 5.32 Å². The zero-order valence-electron chi connectivity index (χ0n) is 14.6. The van der Waals surface area contributed by atoms with Crippen molar-refractivity contribution in [3.63, 3.8) is 0 Å². The van der Waals surface area contributed by atoms with Gasteiger partial charge in [0.25, 0.3) is 0 Å². The minimum Gasteiger partial charge on any atom is -0.325 e. The topological polar surface area (TPSA) is 46.9 Å². The van der Waals surface area contributed by atoms with Gasteiger partial charge in [-0.15, -0.1) is 0 Å². The predicted molar refractivity (Wildman–Crippen MR) is 106 cm³/mol. The van der Waals surface area contributed by atoms with Crippen molar-refractivity contribution in [1.82, 2.24) is 9.55 Å². The molecule has 0 unspecified atom stereocenters. The molecular formula is C19H20ClN3OS. The second-order valence-corrected chi connectivity index (χ2v) is 7.85. The molecule has 6 heteroatoms. The average Bonchev–Trinajstić information content (AvgIpc) is 2.86. The third-order valence-electron chi connectivity index (χ3n) is 4.18. The summed E-state index contributed by atoms with van der Waals surface area (Å²) in [4.78, 5) is 17.2. The Morgan fingerprint density at radius 2 is 1.92 bits per heavy atom. The normalized spacial score (nSPS) is 12.4. The fourth-order valence-corrected chi connectivity index (χ4v) is 3.76. The molecule has 3 aromatic rings. The number of aromatic nitrogens is 2. The molecular weight excluding hydrogens is 354 g/mol. The van der Waals surface area contributed by atoms with Gasteiger partial charge in [-0.3, -0.25) is 4.79 Å². The largest absolute Gasteiger partial charge is 0.325 e. The number of carbonyl (C=O) groups excluding carboxylic acids is 1. The first-order valence-electron chi connectivity index (χ1n) is 8.02. The number of nitrogens with zero attached hydrogens (tertiary/aromatic N) is 2. The van der Waals surface area contributed by atoms with Crippen LogP contribution >= 0.6 is 23.4 Å². The molecule has 1 amide bonds. The van der Waals surface area contributed by atoms with Gasteiger partial charge < -0.3 is 9.88 Å². The quantitative estimate of drug-likeness (QED) is 0.657. The number of nitrogens with one attached hydrogen (secondary N) is 1. The van der Waals surface area contributed by atoms with E-state index >= 15 is 0 Å². The summed E-state index contributed by atoms with van der Waals surface area (Å²) in [5.41, 5.74) is 4.83. The van der Waals surface area contributed by atoms with E-state index in [9.17, 15) is 4.79 Å². The molecule has 0 aliphatic carbocycles. The summed E-state index contributed by atoms with van der Waals surface area (Å²) < 4.78 is 1.99. The number of halogens is 1. The Balaban J connectivity index is 1.79. The Bertz CT molecular complexity index is 931. The van der Waals surface area contributed by atoms with Crippen LogP contribution in [0.5, 0.6) is 0 Å². The van der Waals surface area contributed by atoms with E-state index in [-0.39, 0.29) is 11.2 Å². The van der Waals surface area contributed by atoms with Crippen LogP contribution in [0.4, 0.5) is 5.69 Å². The fraction of sp³-hybridized carbons (Fsp3) is 0.263. The molecule has 0 saturated heterocycles. The van der Waals surface area contributed by atoms with E-state index in [1.165, 1.54) is 11.8 Å². The van der Waals surface area contributed by atoms with Gasteiger partial charge in [0.15, 0.2) is 5.16 Å². The van der Waals surface area contributed by atoms with Gasteiger partial charge in [0.1, 0.15) is 0 Å². The Labute approximate surface area is 156 Å². The van der Waals surface area contributed by atoms with Crippen LogP contribution in [0.1, 0.15) is 18.1 Å². The number of imidazole rings is 1. The van der Waals surface area contributed by atoms with E-state index in [0.29, 0.717) is 5.02 Å². The fourth-order valence-electron chi connectivity index (χ4n) is 2.70. The van der Waals surface area contributed by atoms with Crippen LogP contribution in [0.25, 0.3) is 11.0 Å². The predicted octanol–water partition coefficient (Wildman–Crippen LogP) is 4.96. The number of benzene rings is 2. The molecule has 2 aromatic carbocycles. The summed E-state index contributed by atoms with van der Waals surface area (Å²) in [6, 6.07) is 11.6. The Kier molecular flexibility index (Phi) is 5.06. The van der Waals surface area contributed by atoms with Crippen LogP contribution in [0.3, 0.4) is 0 Å². The smallest absolute Gasteiger partial charge is 0.237 e. The van der Waals surface area contributed by atoms with Gasteiger partial charge in [0, 0.05) is 17.8 Å². The minimum atomic E-state index is -0.273. The maximum absolute atomic E-state index is 12.6. The van der Waals surface area contributed by atoms with E-state index < -0.39 is 0 Å². The van der Waals surface area contributed by atoms with E-state index in [2.05, 4.69) is 10.3 Å². The van der Waals surface area contributed by atoms with Crippen LogP contribution in [-0.2, 0) is 11.8 Å². The first kappa shape index (κ1) is 17.8. The van der Waals surface area contributed by atoms with Crippen LogP contribution in [0.15, 0.2) is 41.6 Å². The van der Waals surface area contributed by atoms with Gasteiger partial charge in [-0.05, 0) is 50.1 Å². The number of anilines is 1. The SMILES string of the molecule is Cc1cccc(C)c1NC(=O)[C@H](C)Sc1nc2cc(Cl)ccc2n1C. The lowest BCUT2D eigenvalue weighted by Gasteiger charge is -2.15. The Morgan fingerprint density at radius 1 is 1.24 bits per heavy atom. The molecule has 0 radical (unpaired) electrons. The Morgan fingerprint density at radius 3 is 2.60 bits per heavy atom. The van der Waals surface area contributed by atoms with Gasteiger partial charge >= 0.3 is 0 Å². The van der Waals surface area contributed by atoms with Crippen molar-refractivity contribution < 1.29 is 4.79 Å². The summed E-state index contributed by atoms with van der Waals surface area (Å²) in [5, 5.41) is 4.22. The monoisotopic (exact) mass is 373 g/mol. The lowest BCUT2D eigenvalue weighted by Crippen LogP contribution is -2.23. The van der Waals surface area contributed by atoms with E-state index in [1.54, 1.807) is 0 Å². The molecule has 0 spiro atoms. The number of para-hydroxylation sites is 1. The highest BCUT2D eigenvalue weighted by Crippen LogP contribution is 2.29. The number of carbonyl (C=O) groups is 1. The number of aryl methyl sites for hydroxylation is 3. The van der Waals surface area contributed by atoms with Gasteiger partial charge in [-0.25, -0.2) is 4.98 Å². The maximum Gasteiger partial charge on any atom is 0.237 e. The molecule has 0 bridgehead atoms. The third-order valence-corrected chi connectivity index (χ3v) is 5.56. The van der Waals surface area contributed by atoms with Crippen molar-refractivity contribution in [3.05, 3.63) is 52.5 Å². The average molecular weight is 374 g/mol. The standard InChI is InChI=1S/C19H20ClN3OS/c1-11-6-5-7-12(2)17(11)22-18(24)13(3)25-19-21-15-10-14(20)8-9-16(15)23(19)4/h5-10,13H,1-4H3,(H,22,24)/t13-/m0/s1. The van der Waals surface area contributed by atoms with Crippen molar-refractivity contribution in [1.29, 1.82) is 0 Å². The molecule has 4 nitrogen and oxygen atoms in total. The second-order valence-electron chi connectivity index (χ2n) is 6.10. The summed E-state index contributed by atoms with van der Waals surface area (Å²) in [6.45, 7) is 5.88. The molecule has 1 aromatic heterocycles. The van der Waals surface area contributed by atoms with Crippen LogP contribution in [-0.4, -0.2) is 20.7 Å². The number of hydrogen-bond acceptors (Lipinski definition) is 3. The van der Waals surface area contributed by atoms with Gasteiger partial charge in [-0.2, -0.15) is 0 Å².